The Balaban J connectivity index is 1.69. The Labute approximate surface area is 181 Å². The van der Waals surface area contributed by atoms with Gasteiger partial charge in [0.25, 0.3) is 0 Å². The minimum atomic E-state index is -3.97. The van der Waals surface area contributed by atoms with Crippen LogP contribution in [0.25, 0.3) is 0 Å². The molecule has 1 heterocycles. The van der Waals surface area contributed by atoms with E-state index in [4.69, 9.17) is 13.3 Å². The van der Waals surface area contributed by atoms with Crippen molar-refractivity contribution >= 4 is 16.1 Å². The smallest absolute Gasteiger partial charge is 0.339 e. The standard InChI is InChI=1S/C22H24N2O6S/c1-3-23-22(25)24(16-20-5-4-14-29-20)15-17-6-8-19(9-7-17)30-31(26,27)21-12-10-18(28-2)11-13-21/h4-14H,3,15-16H2,1-2H3,(H,23,25). The summed E-state index contributed by atoms with van der Waals surface area (Å²) in [6.45, 7) is 2.98. The van der Waals surface area contributed by atoms with E-state index in [0.29, 0.717) is 31.1 Å². The van der Waals surface area contributed by atoms with Crippen LogP contribution in [-0.2, 0) is 23.2 Å². The van der Waals surface area contributed by atoms with Gasteiger partial charge in [-0.3, -0.25) is 0 Å². The van der Waals surface area contributed by atoms with Crippen LogP contribution in [0.2, 0.25) is 0 Å². The Morgan fingerprint density at radius 1 is 1.00 bits per heavy atom. The fourth-order valence-electron chi connectivity index (χ4n) is 2.84. The lowest BCUT2D eigenvalue weighted by Crippen LogP contribution is -2.38. The first-order valence-corrected chi connectivity index (χ1v) is 11.0. The van der Waals surface area contributed by atoms with Crippen molar-refractivity contribution < 1.29 is 26.5 Å². The van der Waals surface area contributed by atoms with Gasteiger partial charge >= 0.3 is 16.1 Å². The molecular formula is C22H24N2O6S. The van der Waals surface area contributed by atoms with Crippen LogP contribution >= 0.6 is 0 Å². The summed E-state index contributed by atoms with van der Waals surface area (Å²) in [5.41, 5.74) is 0.812. The van der Waals surface area contributed by atoms with Gasteiger partial charge < -0.3 is 23.6 Å². The molecule has 164 valence electrons. The highest BCUT2D eigenvalue weighted by molar-refractivity contribution is 7.87. The van der Waals surface area contributed by atoms with Crippen molar-refractivity contribution in [3.63, 3.8) is 0 Å². The van der Waals surface area contributed by atoms with Crippen LogP contribution in [0.3, 0.4) is 0 Å². The molecule has 0 spiro atoms. The summed E-state index contributed by atoms with van der Waals surface area (Å²) < 4.78 is 40.5. The lowest BCUT2D eigenvalue weighted by atomic mass is 10.2. The topological polar surface area (TPSA) is 98.1 Å². The monoisotopic (exact) mass is 444 g/mol. The molecule has 2 amide bonds. The average molecular weight is 445 g/mol. The largest absolute Gasteiger partial charge is 0.497 e. The number of hydrogen-bond acceptors (Lipinski definition) is 6. The van der Waals surface area contributed by atoms with Crippen LogP contribution in [0.15, 0.2) is 76.2 Å². The molecule has 0 aliphatic rings. The quantitative estimate of drug-likeness (QED) is 0.504. The zero-order valence-corrected chi connectivity index (χ0v) is 18.1. The van der Waals surface area contributed by atoms with Crippen molar-refractivity contribution in [2.75, 3.05) is 13.7 Å². The number of carbonyl (C=O) groups excluding carboxylic acids is 1. The van der Waals surface area contributed by atoms with Gasteiger partial charge in [0, 0.05) is 13.1 Å². The molecule has 0 unspecified atom stereocenters. The van der Waals surface area contributed by atoms with E-state index < -0.39 is 10.1 Å². The number of rotatable bonds is 9. The lowest BCUT2D eigenvalue weighted by molar-refractivity contribution is 0.188. The molecule has 3 rings (SSSR count). The molecule has 0 radical (unpaired) electrons. The van der Waals surface area contributed by atoms with Crippen molar-refractivity contribution in [2.24, 2.45) is 0 Å². The third kappa shape index (κ3) is 6.02. The van der Waals surface area contributed by atoms with Crippen LogP contribution in [0, 0.1) is 0 Å². The van der Waals surface area contributed by atoms with Gasteiger partial charge in [0.1, 0.15) is 22.2 Å². The van der Waals surface area contributed by atoms with E-state index in [9.17, 15) is 13.2 Å². The van der Waals surface area contributed by atoms with Crippen molar-refractivity contribution in [3.8, 4) is 11.5 Å². The number of hydrogen-bond donors (Lipinski definition) is 1. The van der Waals surface area contributed by atoms with Gasteiger partial charge in [-0.2, -0.15) is 8.42 Å². The van der Waals surface area contributed by atoms with Crippen LogP contribution in [0.5, 0.6) is 11.5 Å². The van der Waals surface area contributed by atoms with Crippen molar-refractivity contribution in [1.82, 2.24) is 10.2 Å². The Morgan fingerprint density at radius 3 is 2.26 bits per heavy atom. The number of nitrogens with zero attached hydrogens (tertiary/aromatic N) is 1. The number of furan rings is 1. The first kappa shape index (κ1) is 22.2. The second-order valence-electron chi connectivity index (χ2n) is 6.63. The van der Waals surface area contributed by atoms with Gasteiger partial charge in [0.05, 0.1) is 19.9 Å². The molecule has 1 N–H and O–H groups in total. The number of ether oxygens (including phenoxy) is 1. The molecule has 0 aliphatic carbocycles. The van der Waals surface area contributed by atoms with E-state index in [1.165, 1.54) is 19.2 Å². The van der Waals surface area contributed by atoms with Gasteiger partial charge in [-0.25, -0.2) is 4.79 Å². The van der Waals surface area contributed by atoms with Gasteiger partial charge in [-0.15, -0.1) is 0 Å². The van der Waals surface area contributed by atoms with Gasteiger partial charge in [-0.05, 0) is 61.0 Å². The number of urea groups is 1. The van der Waals surface area contributed by atoms with E-state index in [2.05, 4.69) is 5.32 Å². The molecule has 1 aromatic heterocycles. The minimum absolute atomic E-state index is 0.0261. The number of nitrogens with one attached hydrogen (secondary N) is 1. The fourth-order valence-corrected chi connectivity index (χ4v) is 3.77. The zero-order valence-electron chi connectivity index (χ0n) is 17.3. The summed E-state index contributed by atoms with van der Waals surface area (Å²) >= 11 is 0. The molecule has 3 aromatic rings. The molecule has 0 fully saturated rings. The summed E-state index contributed by atoms with van der Waals surface area (Å²) in [5.74, 6) is 1.39. The second-order valence-corrected chi connectivity index (χ2v) is 8.17. The zero-order chi connectivity index (χ0) is 22.3. The first-order chi connectivity index (χ1) is 14.9. The summed E-state index contributed by atoms with van der Waals surface area (Å²) in [5, 5.41) is 2.78. The number of methoxy groups -OCH3 is 1. The molecule has 8 nitrogen and oxygen atoms in total. The molecule has 0 saturated carbocycles. The fraction of sp³-hybridized carbons (Fsp3) is 0.227. The summed E-state index contributed by atoms with van der Waals surface area (Å²) in [6.07, 6.45) is 1.56. The molecule has 2 aromatic carbocycles. The van der Waals surface area contributed by atoms with E-state index in [0.717, 1.165) is 5.56 Å². The summed E-state index contributed by atoms with van der Waals surface area (Å²) in [4.78, 5) is 14.0. The average Bonchev–Trinajstić information content (AvgIpc) is 3.28. The Hall–Kier alpha value is -3.46. The third-order valence-electron chi connectivity index (χ3n) is 4.39. The van der Waals surface area contributed by atoms with E-state index >= 15 is 0 Å². The van der Waals surface area contributed by atoms with Gasteiger partial charge in [0.15, 0.2) is 0 Å². The van der Waals surface area contributed by atoms with Crippen LogP contribution in [0.1, 0.15) is 18.2 Å². The van der Waals surface area contributed by atoms with Crippen LogP contribution < -0.4 is 14.2 Å². The lowest BCUT2D eigenvalue weighted by Gasteiger charge is -2.22. The summed E-state index contributed by atoms with van der Waals surface area (Å²) in [6, 6.07) is 15.8. The predicted molar refractivity (Wildman–Crippen MR) is 114 cm³/mol. The highest BCUT2D eigenvalue weighted by Gasteiger charge is 2.18. The Morgan fingerprint density at radius 2 is 1.68 bits per heavy atom. The molecular weight excluding hydrogens is 420 g/mol. The highest BCUT2D eigenvalue weighted by Crippen LogP contribution is 2.22. The number of benzene rings is 2. The predicted octanol–water partition coefficient (Wildman–Crippen LogP) is 3.79. The molecule has 0 aliphatic heterocycles. The highest BCUT2D eigenvalue weighted by atomic mass is 32.2. The van der Waals surface area contributed by atoms with Gasteiger partial charge in [0.2, 0.25) is 0 Å². The summed E-state index contributed by atoms with van der Waals surface area (Å²) in [7, 11) is -2.47. The second kappa shape index (κ2) is 10.0. The number of carbonyl (C=O) groups is 1. The maximum Gasteiger partial charge on any atom is 0.339 e. The molecule has 0 atom stereocenters. The Kier molecular flexibility index (Phi) is 7.19. The molecule has 0 bridgehead atoms. The van der Waals surface area contributed by atoms with Gasteiger partial charge in [-0.1, -0.05) is 12.1 Å². The number of amides is 2. The van der Waals surface area contributed by atoms with E-state index in [1.54, 1.807) is 59.7 Å². The minimum Gasteiger partial charge on any atom is -0.497 e. The van der Waals surface area contributed by atoms with Crippen molar-refractivity contribution in [2.45, 2.75) is 24.9 Å². The molecule has 0 saturated heterocycles. The maximum absolute atomic E-state index is 12.5. The normalized spacial score (nSPS) is 11.0. The van der Waals surface area contributed by atoms with Crippen LogP contribution in [-0.4, -0.2) is 33.0 Å². The SMILES string of the molecule is CCNC(=O)N(Cc1ccc(OS(=O)(=O)c2ccc(OC)cc2)cc1)Cc1ccco1. The first-order valence-electron chi connectivity index (χ1n) is 9.64. The van der Waals surface area contributed by atoms with E-state index in [1.807, 2.05) is 6.92 Å². The maximum atomic E-state index is 12.5. The molecule has 31 heavy (non-hydrogen) atoms. The molecule has 9 heteroatoms. The van der Waals surface area contributed by atoms with Crippen molar-refractivity contribution in [3.05, 3.63) is 78.3 Å². The third-order valence-corrected chi connectivity index (χ3v) is 5.65. The van der Waals surface area contributed by atoms with Crippen molar-refractivity contribution in [1.29, 1.82) is 0 Å². The van der Waals surface area contributed by atoms with E-state index in [-0.39, 0.29) is 16.7 Å². The van der Waals surface area contributed by atoms with Crippen LogP contribution in [0.4, 0.5) is 4.79 Å². The Bertz CT molecular complexity index is 1080.